The van der Waals surface area contributed by atoms with Crippen molar-refractivity contribution in [2.75, 3.05) is 31.1 Å². The molecule has 0 aromatic carbocycles. The quantitative estimate of drug-likeness (QED) is 0.774. The molecule has 1 saturated heterocycles. The van der Waals surface area contributed by atoms with Crippen molar-refractivity contribution in [3.8, 4) is 5.75 Å². The third-order valence-electron chi connectivity index (χ3n) is 4.14. The minimum Gasteiger partial charge on any atom is -0.502 e. The molecular weight excluding hydrogens is 328 g/mol. The fourth-order valence-electron chi connectivity index (χ4n) is 2.87. The Morgan fingerprint density at radius 2 is 2.08 bits per heavy atom. The molecule has 0 aliphatic carbocycles. The molecule has 8 heteroatoms. The largest absolute Gasteiger partial charge is 0.502 e. The van der Waals surface area contributed by atoms with Crippen LogP contribution in [0.1, 0.15) is 5.76 Å². The van der Waals surface area contributed by atoms with E-state index in [9.17, 15) is 9.90 Å². The molecule has 24 heavy (non-hydrogen) atoms. The molecule has 3 aromatic heterocycles. The molecule has 0 saturated carbocycles. The third kappa shape index (κ3) is 2.85. The Bertz CT molecular complexity index is 915. The van der Waals surface area contributed by atoms with E-state index < -0.39 is 5.43 Å². The summed E-state index contributed by atoms with van der Waals surface area (Å²) in [5.74, 6) is 1.20. The summed E-state index contributed by atoms with van der Waals surface area (Å²) in [5.41, 5.74) is 0.578. The van der Waals surface area contributed by atoms with Crippen LogP contribution in [0.25, 0.3) is 10.2 Å². The number of piperazine rings is 1. The van der Waals surface area contributed by atoms with Gasteiger partial charge in [-0.15, -0.1) is 11.3 Å². The van der Waals surface area contributed by atoms with E-state index in [1.54, 1.807) is 17.7 Å². The first-order valence-corrected chi connectivity index (χ1v) is 8.55. The normalized spacial score (nSPS) is 15.9. The number of aromatic nitrogens is 2. The van der Waals surface area contributed by atoms with Gasteiger partial charge in [-0.1, -0.05) is 0 Å². The molecule has 1 aliphatic rings. The summed E-state index contributed by atoms with van der Waals surface area (Å²) in [5, 5.41) is 11.3. The first-order chi connectivity index (χ1) is 11.7. The van der Waals surface area contributed by atoms with Gasteiger partial charge >= 0.3 is 0 Å². The molecule has 4 rings (SSSR count). The predicted molar refractivity (Wildman–Crippen MR) is 91.5 cm³/mol. The molecule has 1 N–H and O–H groups in total. The Labute approximate surface area is 141 Å². The maximum atomic E-state index is 11.5. The van der Waals surface area contributed by atoms with Crippen LogP contribution in [0.5, 0.6) is 5.75 Å². The number of nitrogens with zero attached hydrogens (tertiary/aromatic N) is 4. The second-order valence-corrected chi connectivity index (χ2v) is 6.61. The lowest BCUT2D eigenvalue weighted by Crippen LogP contribution is -2.46. The standard InChI is InChI=1S/C16H16N4O3S/c21-13-7-11(23-9-14(13)22)8-19-2-4-20(5-3-19)16-15-12(1-6-24-15)17-10-18-16/h1,6-7,9-10,22H,2-5,8H2. The van der Waals surface area contributed by atoms with Gasteiger partial charge < -0.3 is 14.4 Å². The van der Waals surface area contributed by atoms with Crippen LogP contribution in [0, 0.1) is 0 Å². The van der Waals surface area contributed by atoms with Crippen molar-refractivity contribution in [3.63, 3.8) is 0 Å². The van der Waals surface area contributed by atoms with Gasteiger partial charge in [-0.05, 0) is 11.4 Å². The van der Waals surface area contributed by atoms with Crippen molar-refractivity contribution in [3.05, 3.63) is 46.1 Å². The smallest absolute Gasteiger partial charge is 0.226 e. The fraction of sp³-hybridized carbons (Fsp3) is 0.312. The van der Waals surface area contributed by atoms with Crippen molar-refractivity contribution in [2.24, 2.45) is 0 Å². The topological polar surface area (TPSA) is 82.7 Å². The van der Waals surface area contributed by atoms with Crippen LogP contribution in [-0.4, -0.2) is 46.2 Å². The summed E-state index contributed by atoms with van der Waals surface area (Å²) < 4.78 is 6.40. The van der Waals surface area contributed by atoms with Gasteiger partial charge in [0.05, 0.1) is 16.8 Å². The van der Waals surface area contributed by atoms with Crippen LogP contribution >= 0.6 is 11.3 Å². The number of rotatable bonds is 3. The third-order valence-corrected chi connectivity index (χ3v) is 5.04. The molecule has 3 aromatic rings. The van der Waals surface area contributed by atoms with Gasteiger partial charge in [0.25, 0.3) is 0 Å². The molecule has 0 radical (unpaired) electrons. The highest BCUT2D eigenvalue weighted by Gasteiger charge is 2.21. The molecule has 0 unspecified atom stereocenters. The van der Waals surface area contributed by atoms with Gasteiger partial charge in [-0.3, -0.25) is 9.69 Å². The van der Waals surface area contributed by atoms with E-state index in [1.165, 1.54) is 6.07 Å². The lowest BCUT2D eigenvalue weighted by molar-refractivity contribution is 0.227. The highest BCUT2D eigenvalue weighted by atomic mass is 32.1. The van der Waals surface area contributed by atoms with Crippen molar-refractivity contribution in [1.82, 2.24) is 14.9 Å². The van der Waals surface area contributed by atoms with E-state index in [1.807, 2.05) is 11.4 Å². The van der Waals surface area contributed by atoms with Crippen molar-refractivity contribution >= 4 is 27.4 Å². The summed E-state index contributed by atoms with van der Waals surface area (Å²) >= 11 is 1.66. The Morgan fingerprint density at radius 1 is 1.25 bits per heavy atom. The zero-order valence-corrected chi connectivity index (χ0v) is 13.7. The Morgan fingerprint density at radius 3 is 2.88 bits per heavy atom. The fourth-order valence-corrected chi connectivity index (χ4v) is 3.73. The number of aromatic hydroxyl groups is 1. The molecule has 0 amide bonds. The molecule has 0 spiro atoms. The molecule has 1 aliphatic heterocycles. The van der Waals surface area contributed by atoms with Crippen molar-refractivity contribution in [2.45, 2.75) is 6.54 Å². The zero-order chi connectivity index (χ0) is 16.5. The minimum absolute atomic E-state index is 0.354. The van der Waals surface area contributed by atoms with Gasteiger partial charge in [0.2, 0.25) is 5.43 Å². The second-order valence-electron chi connectivity index (χ2n) is 5.69. The van der Waals surface area contributed by atoms with E-state index in [-0.39, 0.29) is 5.75 Å². The number of hydrogen-bond acceptors (Lipinski definition) is 8. The van der Waals surface area contributed by atoms with Gasteiger partial charge in [0, 0.05) is 32.2 Å². The Balaban J connectivity index is 1.44. The van der Waals surface area contributed by atoms with Crippen molar-refractivity contribution in [1.29, 1.82) is 0 Å². The summed E-state index contributed by atoms with van der Waals surface area (Å²) in [6.07, 6.45) is 2.71. The average molecular weight is 344 g/mol. The molecule has 7 nitrogen and oxygen atoms in total. The molecular formula is C16H16N4O3S. The maximum Gasteiger partial charge on any atom is 0.226 e. The van der Waals surface area contributed by atoms with Gasteiger partial charge in [0.15, 0.2) is 5.75 Å². The van der Waals surface area contributed by atoms with Crippen LogP contribution < -0.4 is 10.3 Å². The maximum absolute atomic E-state index is 11.5. The lowest BCUT2D eigenvalue weighted by atomic mass is 10.2. The Kier molecular flexibility index (Phi) is 3.91. The monoisotopic (exact) mass is 344 g/mol. The van der Waals surface area contributed by atoms with Crippen LogP contribution in [0.2, 0.25) is 0 Å². The second kappa shape index (κ2) is 6.21. The molecule has 4 heterocycles. The molecule has 124 valence electrons. The van der Waals surface area contributed by atoms with Crippen molar-refractivity contribution < 1.29 is 9.52 Å². The van der Waals surface area contributed by atoms with E-state index in [0.717, 1.165) is 48.5 Å². The van der Waals surface area contributed by atoms with Gasteiger partial charge in [-0.25, -0.2) is 9.97 Å². The summed E-state index contributed by atoms with van der Waals surface area (Å²) in [6.45, 7) is 3.96. The van der Waals surface area contributed by atoms with E-state index in [2.05, 4.69) is 19.8 Å². The van der Waals surface area contributed by atoms with Crippen LogP contribution in [0.4, 0.5) is 5.82 Å². The lowest BCUT2D eigenvalue weighted by Gasteiger charge is -2.35. The van der Waals surface area contributed by atoms with Crippen LogP contribution in [0.3, 0.4) is 0 Å². The molecule has 0 atom stereocenters. The number of hydrogen-bond donors (Lipinski definition) is 1. The molecule has 1 fully saturated rings. The summed E-state index contributed by atoms with van der Waals surface area (Å²) in [4.78, 5) is 24.7. The molecule has 0 bridgehead atoms. The van der Waals surface area contributed by atoms with Gasteiger partial charge in [0.1, 0.15) is 24.2 Å². The zero-order valence-electron chi connectivity index (χ0n) is 12.9. The number of thiophene rings is 1. The average Bonchev–Trinajstić information content (AvgIpc) is 3.08. The van der Waals surface area contributed by atoms with E-state index in [4.69, 9.17) is 4.42 Å². The van der Waals surface area contributed by atoms with Gasteiger partial charge in [-0.2, -0.15) is 0 Å². The first-order valence-electron chi connectivity index (χ1n) is 7.67. The highest BCUT2D eigenvalue weighted by Crippen LogP contribution is 2.28. The number of fused-ring (bicyclic) bond motifs is 1. The van der Waals surface area contributed by atoms with E-state index in [0.29, 0.717) is 12.3 Å². The SMILES string of the molecule is O=c1cc(CN2CCN(c3ncnc4ccsc34)CC2)occ1O. The predicted octanol–water partition coefficient (Wildman–Crippen LogP) is 1.67. The minimum atomic E-state index is -0.407. The highest BCUT2D eigenvalue weighted by molar-refractivity contribution is 7.17. The summed E-state index contributed by atoms with van der Waals surface area (Å²) in [7, 11) is 0. The van der Waals surface area contributed by atoms with Crippen LogP contribution in [0.15, 0.2) is 39.3 Å². The summed E-state index contributed by atoms with van der Waals surface area (Å²) in [6, 6.07) is 3.36. The van der Waals surface area contributed by atoms with Crippen LogP contribution in [-0.2, 0) is 6.54 Å². The first kappa shape index (κ1) is 15.1. The Hall–Kier alpha value is -2.45. The number of anilines is 1. The van der Waals surface area contributed by atoms with E-state index >= 15 is 0 Å².